The number of benzene rings is 1. The number of rotatable bonds is 2. The van der Waals surface area contributed by atoms with Crippen LogP contribution in [0.3, 0.4) is 0 Å². The second-order valence-electron chi connectivity index (χ2n) is 4.43. The van der Waals surface area contributed by atoms with Gasteiger partial charge >= 0.3 is 0 Å². The second kappa shape index (κ2) is 4.12. The highest BCUT2D eigenvalue weighted by Crippen LogP contribution is 2.36. The number of nitro groups is 1. The number of fused-ring (bicyclic) bond motifs is 1. The van der Waals surface area contributed by atoms with E-state index < -0.39 is 0 Å². The Kier molecular flexibility index (Phi) is 2.81. The third kappa shape index (κ3) is 1.75. The number of anilines is 1. The lowest BCUT2D eigenvalue weighted by molar-refractivity contribution is -0.384. The first kappa shape index (κ1) is 10.9. The van der Waals surface area contributed by atoms with E-state index in [1.54, 1.807) is 6.07 Å². The van der Waals surface area contributed by atoms with Crippen molar-refractivity contribution in [2.75, 3.05) is 19.0 Å². The number of hydrogen-bond donors (Lipinski definition) is 0. The van der Waals surface area contributed by atoms with Crippen molar-refractivity contribution in [3.63, 3.8) is 0 Å². The van der Waals surface area contributed by atoms with Crippen LogP contribution < -0.4 is 4.90 Å². The minimum atomic E-state index is -0.287. The second-order valence-corrected chi connectivity index (χ2v) is 4.43. The van der Waals surface area contributed by atoms with Gasteiger partial charge in [-0.3, -0.25) is 10.1 Å². The van der Waals surface area contributed by atoms with Gasteiger partial charge in [-0.05, 0) is 36.8 Å². The molecule has 0 N–H and O–H groups in total. The first-order valence-electron chi connectivity index (χ1n) is 5.57. The lowest BCUT2D eigenvalue weighted by atomic mass is 9.89. The van der Waals surface area contributed by atoms with Gasteiger partial charge in [0, 0.05) is 20.2 Å². The zero-order chi connectivity index (χ0) is 11.7. The average Bonchev–Trinajstić information content (AvgIpc) is 2.27. The number of nitro benzene ring substituents is 1. The molecule has 0 heterocycles. The molecule has 4 nitrogen and oxygen atoms in total. The molecule has 1 aromatic rings. The van der Waals surface area contributed by atoms with Gasteiger partial charge in [0.2, 0.25) is 0 Å². The summed E-state index contributed by atoms with van der Waals surface area (Å²) in [6, 6.07) is 3.55. The highest BCUT2D eigenvalue weighted by molar-refractivity contribution is 5.69. The molecular weight excluding hydrogens is 204 g/mol. The van der Waals surface area contributed by atoms with E-state index in [9.17, 15) is 10.1 Å². The summed E-state index contributed by atoms with van der Waals surface area (Å²) in [4.78, 5) is 12.6. The van der Waals surface area contributed by atoms with E-state index in [-0.39, 0.29) is 10.6 Å². The fourth-order valence-corrected chi connectivity index (χ4v) is 2.44. The molecule has 1 aliphatic rings. The Morgan fingerprint density at radius 1 is 1.25 bits per heavy atom. The van der Waals surface area contributed by atoms with Gasteiger partial charge in [-0.25, -0.2) is 0 Å². The lowest BCUT2D eigenvalue weighted by Gasteiger charge is -2.23. The van der Waals surface area contributed by atoms with Gasteiger partial charge in [0.25, 0.3) is 5.69 Å². The summed E-state index contributed by atoms with van der Waals surface area (Å²) in [6.45, 7) is 0. The molecule has 0 aromatic heterocycles. The van der Waals surface area contributed by atoms with Crippen molar-refractivity contribution in [2.45, 2.75) is 25.7 Å². The maximum atomic E-state index is 11.0. The van der Waals surface area contributed by atoms with Crippen molar-refractivity contribution in [3.8, 4) is 0 Å². The van der Waals surface area contributed by atoms with Crippen molar-refractivity contribution < 1.29 is 4.92 Å². The summed E-state index contributed by atoms with van der Waals surface area (Å²) >= 11 is 0. The van der Waals surface area contributed by atoms with Gasteiger partial charge in [-0.15, -0.1) is 0 Å². The Balaban J connectivity index is 2.61. The minimum absolute atomic E-state index is 0.227. The first-order valence-corrected chi connectivity index (χ1v) is 5.57. The van der Waals surface area contributed by atoms with E-state index in [4.69, 9.17) is 0 Å². The molecule has 2 rings (SSSR count). The number of aryl methyl sites for hydroxylation is 1. The summed E-state index contributed by atoms with van der Waals surface area (Å²) in [7, 11) is 3.74. The van der Waals surface area contributed by atoms with E-state index in [0.29, 0.717) is 0 Å². The lowest BCUT2D eigenvalue weighted by Crippen LogP contribution is -2.16. The quantitative estimate of drug-likeness (QED) is 0.568. The van der Waals surface area contributed by atoms with Gasteiger partial charge in [0.1, 0.15) is 5.69 Å². The largest absolute Gasteiger partial charge is 0.372 e. The van der Waals surface area contributed by atoms with Crippen LogP contribution in [-0.2, 0) is 12.8 Å². The van der Waals surface area contributed by atoms with Crippen LogP contribution in [0.25, 0.3) is 0 Å². The van der Waals surface area contributed by atoms with Crippen molar-refractivity contribution in [1.29, 1.82) is 0 Å². The van der Waals surface area contributed by atoms with E-state index >= 15 is 0 Å². The van der Waals surface area contributed by atoms with Crippen LogP contribution in [0.5, 0.6) is 0 Å². The molecule has 0 bridgehead atoms. The normalized spacial score (nSPS) is 14.4. The first-order chi connectivity index (χ1) is 7.61. The molecule has 0 saturated carbocycles. The summed E-state index contributed by atoms with van der Waals surface area (Å²) in [6.07, 6.45) is 4.34. The molecule has 0 amide bonds. The standard InChI is InChI=1S/C12H16N2O2/c1-13(2)12-10-6-4-3-5-9(10)7-8-11(12)14(15)16/h7-8H,3-6H2,1-2H3. The van der Waals surface area contributed by atoms with Crippen LogP contribution in [0.2, 0.25) is 0 Å². The molecule has 1 aliphatic carbocycles. The van der Waals surface area contributed by atoms with Crippen molar-refractivity contribution >= 4 is 11.4 Å². The Labute approximate surface area is 95.0 Å². The molecular formula is C12H16N2O2. The van der Waals surface area contributed by atoms with Crippen LogP contribution >= 0.6 is 0 Å². The molecule has 0 radical (unpaired) electrons. The molecule has 0 atom stereocenters. The number of hydrogen-bond acceptors (Lipinski definition) is 3. The van der Waals surface area contributed by atoms with Gasteiger partial charge < -0.3 is 4.90 Å². The van der Waals surface area contributed by atoms with Crippen LogP contribution in [0.4, 0.5) is 11.4 Å². The van der Waals surface area contributed by atoms with Crippen LogP contribution in [0, 0.1) is 10.1 Å². The van der Waals surface area contributed by atoms with Crippen LogP contribution in [0.15, 0.2) is 12.1 Å². The monoisotopic (exact) mass is 220 g/mol. The molecule has 0 aliphatic heterocycles. The molecule has 1 aromatic carbocycles. The molecule has 0 spiro atoms. The maximum Gasteiger partial charge on any atom is 0.292 e. The average molecular weight is 220 g/mol. The summed E-state index contributed by atoms with van der Waals surface area (Å²) in [5.41, 5.74) is 3.47. The van der Waals surface area contributed by atoms with Crippen molar-refractivity contribution in [3.05, 3.63) is 33.4 Å². The van der Waals surface area contributed by atoms with E-state index in [2.05, 4.69) is 0 Å². The zero-order valence-electron chi connectivity index (χ0n) is 9.69. The van der Waals surface area contributed by atoms with E-state index in [0.717, 1.165) is 24.9 Å². The van der Waals surface area contributed by atoms with Crippen LogP contribution in [-0.4, -0.2) is 19.0 Å². The Morgan fingerprint density at radius 3 is 2.56 bits per heavy atom. The summed E-state index contributed by atoms with van der Waals surface area (Å²) in [5.74, 6) is 0. The molecule has 0 fully saturated rings. The predicted octanol–water partition coefficient (Wildman–Crippen LogP) is 2.54. The van der Waals surface area contributed by atoms with E-state index in [1.165, 1.54) is 17.5 Å². The predicted molar refractivity (Wildman–Crippen MR) is 64.1 cm³/mol. The fourth-order valence-electron chi connectivity index (χ4n) is 2.44. The molecule has 16 heavy (non-hydrogen) atoms. The summed E-state index contributed by atoms with van der Waals surface area (Å²) in [5, 5.41) is 11.0. The van der Waals surface area contributed by atoms with E-state index in [1.807, 2.05) is 25.1 Å². The molecule has 86 valence electrons. The zero-order valence-corrected chi connectivity index (χ0v) is 9.69. The molecule has 0 saturated heterocycles. The highest BCUT2D eigenvalue weighted by Gasteiger charge is 2.23. The van der Waals surface area contributed by atoms with Gasteiger partial charge in [-0.2, -0.15) is 0 Å². The fraction of sp³-hybridized carbons (Fsp3) is 0.500. The topological polar surface area (TPSA) is 46.4 Å². The third-order valence-electron chi connectivity index (χ3n) is 3.13. The van der Waals surface area contributed by atoms with Crippen molar-refractivity contribution in [2.24, 2.45) is 0 Å². The third-order valence-corrected chi connectivity index (χ3v) is 3.13. The van der Waals surface area contributed by atoms with Crippen LogP contribution in [0.1, 0.15) is 24.0 Å². The van der Waals surface area contributed by atoms with Crippen molar-refractivity contribution in [1.82, 2.24) is 0 Å². The maximum absolute atomic E-state index is 11.0. The SMILES string of the molecule is CN(C)c1c([N+](=O)[O-])ccc2c1CCCC2. The smallest absolute Gasteiger partial charge is 0.292 e. The molecule has 0 unspecified atom stereocenters. The van der Waals surface area contributed by atoms with Gasteiger partial charge in [-0.1, -0.05) is 6.07 Å². The Bertz CT molecular complexity index is 427. The number of nitrogens with zero attached hydrogens (tertiary/aromatic N) is 2. The van der Waals surface area contributed by atoms with Gasteiger partial charge in [0.05, 0.1) is 4.92 Å². The van der Waals surface area contributed by atoms with Gasteiger partial charge in [0.15, 0.2) is 0 Å². The summed E-state index contributed by atoms with van der Waals surface area (Å²) < 4.78 is 0. The molecule has 4 heteroatoms. The minimum Gasteiger partial charge on any atom is -0.372 e. The Morgan fingerprint density at radius 2 is 1.94 bits per heavy atom. The Hall–Kier alpha value is -1.58. The highest BCUT2D eigenvalue weighted by atomic mass is 16.6.